The molecule has 0 amide bonds. The van der Waals surface area contributed by atoms with Gasteiger partial charge in [0.05, 0.1) is 24.3 Å². The molecule has 0 aliphatic rings. The monoisotopic (exact) mass is 402 g/mol. The molecule has 0 atom stereocenters. The average molecular weight is 402 g/mol. The van der Waals surface area contributed by atoms with Crippen LogP contribution in [0, 0.1) is 24.1 Å². The maximum absolute atomic E-state index is 15.1. The van der Waals surface area contributed by atoms with Gasteiger partial charge >= 0.3 is 6.01 Å². The fourth-order valence-corrected chi connectivity index (χ4v) is 3.59. The standard InChI is InChI=1S/C22H19FN6O/c1-12-4-13(9-25-2)5-18(23)20(12)16-7-17-19(6-14(16)8-24)28-29-21(17)15-10-26-22(30-3)27-11-15/h4-7,10-11,25H,9H2,1-3H3,(H,28,29). The molecule has 0 saturated heterocycles. The van der Waals surface area contributed by atoms with Gasteiger partial charge in [0, 0.05) is 41.0 Å². The van der Waals surface area contributed by atoms with Gasteiger partial charge in [0.15, 0.2) is 0 Å². The number of fused-ring (bicyclic) bond motifs is 1. The SMILES string of the molecule is CNCc1cc(C)c(-c2cc3c(-c4cnc(OC)nc4)n[nH]c3cc2C#N)c(F)c1. The first-order valence-corrected chi connectivity index (χ1v) is 9.28. The zero-order valence-corrected chi connectivity index (χ0v) is 16.7. The summed E-state index contributed by atoms with van der Waals surface area (Å²) >= 11 is 0. The second kappa shape index (κ2) is 7.89. The van der Waals surface area contributed by atoms with E-state index in [1.54, 1.807) is 24.5 Å². The Morgan fingerprint density at radius 3 is 2.60 bits per heavy atom. The summed E-state index contributed by atoms with van der Waals surface area (Å²) in [6, 6.07) is 9.33. The van der Waals surface area contributed by atoms with Gasteiger partial charge in [-0.15, -0.1) is 0 Å². The Hall–Kier alpha value is -3.83. The molecule has 30 heavy (non-hydrogen) atoms. The normalized spacial score (nSPS) is 10.9. The molecule has 0 bridgehead atoms. The predicted octanol–water partition coefficient (Wildman–Crippen LogP) is 3.73. The van der Waals surface area contributed by atoms with Crippen molar-refractivity contribution in [2.45, 2.75) is 13.5 Å². The molecule has 2 heterocycles. The summed E-state index contributed by atoms with van der Waals surface area (Å²) in [6.45, 7) is 2.40. The molecular formula is C22H19FN6O. The number of aromatic amines is 1. The van der Waals surface area contributed by atoms with Crippen LogP contribution < -0.4 is 10.1 Å². The minimum Gasteiger partial charge on any atom is -0.467 e. The van der Waals surface area contributed by atoms with Crippen molar-refractivity contribution in [3.8, 4) is 34.5 Å². The summed E-state index contributed by atoms with van der Waals surface area (Å²) in [5.74, 6) is -0.367. The number of H-pyrrole nitrogens is 1. The van der Waals surface area contributed by atoms with Crippen molar-refractivity contribution in [2.75, 3.05) is 14.2 Å². The maximum atomic E-state index is 15.1. The molecular weight excluding hydrogens is 383 g/mol. The lowest BCUT2D eigenvalue weighted by molar-refractivity contribution is 0.380. The van der Waals surface area contributed by atoms with Crippen LogP contribution in [0.25, 0.3) is 33.3 Å². The minimum atomic E-state index is -0.367. The largest absolute Gasteiger partial charge is 0.467 e. The lowest BCUT2D eigenvalue weighted by Crippen LogP contribution is -2.06. The van der Waals surface area contributed by atoms with Gasteiger partial charge < -0.3 is 10.1 Å². The lowest BCUT2D eigenvalue weighted by atomic mass is 9.92. The molecule has 7 nitrogen and oxygen atoms in total. The van der Waals surface area contributed by atoms with E-state index in [4.69, 9.17) is 4.74 Å². The smallest absolute Gasteiger partial charge is 0.316 e. The topological polar surface area (TPSA) is 99.5 Å². The first-order chi connectivity index (χ1) is 14.5. The number of ether oxygens (including phenoxy) is 1. The van der Waals surface area contributed by atoms with Gasteiger partial charge in [0.1, 0.15) is 11.5 Å². The molecule has 0 spiro atoms. The first kappa shape index (κ1) is 19.5. The summed E-state index contributed by atoms with van der Waals surface area (Å²) in [7, 11) is 3.31. The Morgan fingerprint density at radius 2 is 1.97 bits per heavy atom. The van der Waals surface area contributed by atoms with E-state index >= 15 is 4.39 Å². The number of hydrogen-bond donors (Lipinski definition) is 2. The van der Waals surface area contributed by atoms with Crippen LogP contribution >= 0.6 is 0 Å². The van der Waals surface area contributed by atoms with Crippen LogP contribution in [0.4, 0.5) is 4.39 Å². The van der Waals surface area contributed by atoms with Crippen molar-refractivity contribution in [2.24, 2.45) is 0 Å². The van der Waals surface area contributed by atoms with E-state index in [-0.39, 0.29) is 11.8 Å². The van der Waals surface area contributed by atoms with Crippen molar-refractivity contribution in [1.82, 2.24) is 25.5 Å². The van der Waals surface area contributed by atoms with Crippen LogP contribution in [-0.4, -0.2) is 34.3 Å². The third-order valence-electron chi connectivity index (χ3n) is 4.90. The van der Waals surface area contributed by atoms with Crippen molar-refractivity contribution < 1.29 is 9.13 Å². The number of aromatic nitrogens is 4. The van der Waals surface area contributed by atoms with Crippen molar-refractivity contribution in [3.63, 3.8) is 0 Å². The Labute approximate surface area is 172 Å². The Kier molecular flexibility index (Phi) is 5.12. The first-order valence-electron chi connectivity index (χ1n) is 9.28. The van der Waals surface area contributed by atoms with Crippen LogP contribution in [0.1, 0.15) is 16.7 Å². The van der Waals surface area contributed by atoms with Crippen LogP contribution in [0.15, 0.2) is 36.7 Å². The van der Waals surface area contributed by atoms with Crippen LogP contribution in [0.5, 0.6) is 6.01 Å². The molecule has 2 aromatic heterocycles. The number of nitriles is 1. The summed E-state index contributed by atoms with van der Waals surface area (Å²) in [6.07, 6.45) is 3.22. The van der Waals surface area contributed by atoms with E-state index in [2.05, 4.69) is 31.6 Å². The molecule has 0 fully saturated rings. The van der Waals surface area contributed by atoms with Crippen molar-refractivity contribution in [3.05, 3.63) is 59.2 Å². The number of hydrogen-bond acceptors (Lipinski definition) is 6. The van der Waals surface area contributed by atoms with Crippen LogP contribution in [-0.2, 0) is 6.54 Å². The molecule has 0 radical (unpaired) electrons. The predicted molar refractivity (Wildman–Crippen MR) is 111 cm³/mol. The molecule has 0 saturated carbocycles. The zero-order valence-electron chi connectivity index (χ0n) is 16.7. The average Bonchev–Trinajstić information content (AvgIpc) is 3.16. The quantitative estimate of drug-likeness (QED) is 0.528. The molecule has 0 unspecified atom stereocenters. The second-order valence-electron chi connectivity index (χ2n) is 6.89. The van der Waals surface area contributed by atoms with Crippen LogP contribution in [0.2, 0.25) is 0 Å². The van der Waals surface area contributed by atoms with E-state index < -0.39 is 0 Å². The highest BCUT2D eigenvalue weighted by molar-refractivity contribution is 5.97. The van der Waals surface area contributed by atoms with Crippen molar-refractivity contribution >= 4 is 10.9 Å². The number of halogens is 1. The number of nitrogens with one attached hydrogen (secondary N) is 2. The minimum absolute atomic E-state index is 0.255. The van der Waals surface area contributed by atoms with Gasteiger partial charge in [-0.05, 0) is 43.3 Å². The number of methoxy groups -OCH3 is 1. The summed E-state index contributed by atoms with van der Waals surface area (Å²) in [5, 5.41) is 20.8. The molecule has 2 N–H and O–H groups in total. The van der Waals surface area contributed by atoms with Gasteiger partial charge in [0.25, 0.3) is 0 Å². The second-order valence-corrected chi connectivity index (χ2v) is 6.89. The van der Waals surface area contributed by atoms with Gasteiger partial charge in [-0.2, -0.15) is 10.4 Å². The number of aryl methyl sites for hydroxylation is 1. The number of benzene rings is 2. The van der Waals surface area contributed by atoms with Gasteiger partial charge in [-0.1, -0.05) is 6.07 Å². The van der Waals surface area contributed by atoms with Gasteiger partial charge in [0.2, 0.25) is 0 Å². The molecule has 150 valence electrons. The Morgan fingerprint density at radius 1 is 1.20 bits per heavy atom. The number of rotatable bonds is 5. The molecule has 4 rings (SSSR count). The van der Waals surface area contributed by atoms with E-state index in [0.717, 1.165) is 16.5 Å². The van der Waals surface area contributed by atoms with Crippen LogP contribution in [0.3, 0.4) is 0 Å². The van der Waals surface area contributed by atoms with E-state index in [9.17, 15) is 5.26 Å². The van der Waals surface area contributed by atoms with Gasteiger partial charge in [-0.25, -0.2) is 14.4 Å². The maximum Gasteiger partial charge on any atom is 0.316 e. The third kappa shape index (κ3) is 3.36. The highest BCUT2D eigenvalue weighted by Crippen LogP contribution is 2.36. The molecule has 2 aromatic carbocycles. The van der Waals surface area contributed by atoms with Crippen molar-refractivity contribution in [1.29, 1.82) is 5.26 Å². The summed E-state index contributed by atoms with van der Waals surface area (Å²) in [4.78, 5) is 8.25. The zero-order chi connectivity index (χ0) is 21.3. The Balaban J connectivity index is 1.91. The third-order valence-corrected chi connectivity index (χ3v) is 4.90. The lowest BCUT2D eigenvalue weighted by Gasteiger charge is -2.12. The van der Waals surface area contributed by atoms with Gasteiger partial charge in [-0.3, -0.25) is 5.10 Å². The van der Waals surface area contributed by atoms with E-state index in [1.807, 2.05) is 20.0 Å². The summed E-state index contributed by atoms with van der Waals surface area (Å²) < 4.78 is 20.1. The van der Waals surface area contributed by atoms with E-state index in [1.165, 1.54) is 13.2 Å². The number of nitrogens with zero attached hydrogens (tertiary/aromatic N) is 4. The summed E-state index contributed by atoms with van der Waals surface area (Å²) in [5.41, 5.74) is 4.87. The highest BCUT2D eigenvalue weighted by atomic mass is 19.1. The molecule has 0 aliphatic carbocycles. The molecule has 8 heteroatoms. The fourth-order valence-electron chi connectivity index (χ4n) is 3.59. The molecule has 4 aromatic rings. The molecule has 0 aliphatic heterocycles. The highest BCUT2D eigenvalue weighted by Gasteiger charge is 2.18. The fraction of sp³-hybridized carbons (Fsp3) is 0.182. The van der Waals surface area contributed by atoms with E-state index in [0.29, 0.717) is 40.0 Å². The Bertz CT molecular complexity index is 1250.